The van der Waals surface area contributed by atoms with Gasteiger partial charge in [0.2, 0.25) is 10.0 Å². The number of H-pyrrole nitrogens is 1. The van der Waals surface area contributed by atoms with Crippen LogP contribution in [0.15, 0.2) is 23.1 Å². The lowest BCUT2D eigenvalue weighted by atomic mass is 10.1. The predicted molar refractivity (Wildman–Crippen MR) is 144 cm³/mol. The number of sulfonamides is 1. The number of rotatable bonds is 9. The second-order valence-corrected chi connectivity index (χ2v) is 12.2. The first-order chi connectivity index (χ1) is 17.1. The summed E-state index contributed by atoms with van der Waals surface area (Å²) in [6.07, 6.45) is 2.58. The van der Waals surface area contributed by atoms with Gasteiger partial charge in [-0.25, -0.2) is 13.4 Å². The highest BCUT2D eigenvalue weighted by molar-refractivity contribution is 7.89. The first kappa shape index (κ1) is 26.7. The Morgan fingerprint density at radius 1 is 1.17 bits per heavy atom. The number of aryl methyl sites for hydroxylation is 2. The zero-order valence-corrected chi connectivity index (χ0v) is 23.4. The summed E-state index contributed by atoms with van der Waals surface area (Å²) in [5, 5.41) is 4.62. The highest BCUT2D eigenvalue weighted by atomic mass is 32.2. The molecule has 1 N–H and O–H groups in total. The number of aromatic nitrogens is 4. The molecule has 36 heavy (non-hydrogen) atoms. The molecule has 1 aliphatic heterocycles. The number of ether oxygens (including phenoxy) is 1. The second kappa shape index (κ2) is 11.0. The topological polar surface area (TPSA) is 96.3 Å². The molecule has 11 heteroatoms. The largest absolute Gasteiger partial charge is 0.493 e. The number of benzene rings is 1. The number of aromatic amines is 1. The molecule has 0 bridgehead atoms. The minimum atomic E-state index is -3.67. The van der Waals surface area contributed by atoms with Crippen LogP contribution in [0.5, 0.6) is 5.75 Å². The number of likely N-dealkylation sites (N-methyl/N-ethyl adjacent to an activating group) is 1. The Morgan fingerprint density at radius 2 is 1.89 bits per heavy atom. The maximum atomic E-state index is 13.5. The monoisotopic (exact) mass is 532 g/mol. The molecule has 1 aromatic carbocycles. The van der Waals surface area contributed by atoms with Crippen LogP contribution in [-0.2, 0) is 23.5 Å². The smallest absolute Gasteiger partial charge is 0.243 e. The number of hydrogen-bond donors (Lipinski definition) is 1. The molecule has 3 aromatic rings. The van der Waals surface area contributed by atoms with Gasteiger partial charge in [0.15, 0.2) is 0 Å². The standard InChI is InChI=1S/C25H36N6O3S2/c1-6-7-20-22-23(30(5)28-20)25(35)27-24(26-22)19-16-18(8-9-21(19)34-15-10-17(2)3)36(32,33)31-13-11-29(4)12-14-31/h8-9,16-17H,6-7,10-15H2,1-5H3,(H,26,27,35). The first-order valence-corrected chi connectivity index (χ1v) is 14.4. The summed E-state index contributed by atoms with van der Waals surface area (Å²) in [5.41, 5.74) is 2.95. The van der Waals surface area contributed by atoms with Crippen LogP contribution >= 0.6 is 12.2 Å². The highest BCUT2D eigenvalue weighted by Gasteiger charge is 2.29. The molecule has 1 saturated heterocycles. The highest BCUT2D eigenvalue weighted by Crippen LogP contribution is 2.33. The van der Waals surface area contributed by atoms with Crippen molar-refractivity contribution in [1.29, 1.82) is 0 Å². The summed E-state index contributed by atoms with van der Waals surface area (Å²) in [6, 6.07) is 5.02. The van der Waals surface area contributed by atoms with Crippen LogP contribution in [0.1, 0.15) is 39.3 Å². The third kappa shape index (κ3) is 5.49. The lowest BCUT2D eigenvalue weighted by molar-refractivity contribution is 0.222. The van der Waals surface area contributed by atoms with Gasteiger partial charge in [-0.05, 0) is 44.0 Å². The molecular formula is C25H36N6O3S2. The number of piperazine rings is 1. The number of fused-ring (bicyclic) bond motifs is 1. The van der Waals surface area contributed by atoms with Crippen LogP contribution < -0.4 is 4.74 Å². The Balaban J connectivity index is 1.82. The molecule has 9 nitrogen and oxygen atoms in total. The quantitative estimate of drug-likeness (QED) is 0.416. The van der Waals surface area contributed by atoms with Crippen LogP contribution in [0.3, 0.4) is 0 Å². The van der Waals surface area contributed by atoms with E-state index in [1.807, 2.05) is 14.1 Å². The van der Waals surface area contributed by atoms with Gasteiger partial charge in [-0.15, -0.1) is 0 Å². The summed E-state index contributed by atoms with van der Waals surface area (Å²) in [6.45, 7) is 9.22. The van der Waals surface area contributed by atoms with Crippen LogP contribution in [0.4, 0.5) is 0 Å². The molecule has 0 amide bonds. The SMILES string of the molecule is CCCc1nn(C)c2c(=S)[nH]c(-c3cc(S(=O)(=O)N4CCN(C)CC4)ccc3OCCC(C)C)nc12. The minimum absolute atomic E-state index is 0.222. The Morgan fingerprint density at radius 3 is 2.56 bits per heavy atom. The molecule has 3 heterocycles. The van der Waals surface area contributed by atoms with Crippen molar-refractivity contribution in [3.05, 3.63) is 28.5 Å². The fraction of sp³-hybridized carbons (Fsp3) is 0.560. The summed E-state index contributed by atoms with van der Waals surface area (Å²) < 4.78 is 37.0. The van der Waals surface area contributed by atoms with E-state index < -0.39 is 10.0 Å². The van der Waals surface area contributed by atoms with Crippen molar-refractivity contribution in [2.75, 3.05) is 39.8 Å². The summed E-state index contributed by atoms with van der Waals surface area (Å²) in [4.78, 5) is 10.5. The predicted octanol–water partition coefficient (Wildman–Crippen LogP) is 4.01. The maximum absolute atomic E-state index is 13.5. The number of nitrogens with one attached hydrogen (secondary N) is 1. The van der Waals surface area contributed by atoms with Crippen molar-refractivity contribution in [3.8, 4) is 17.1 Å². The Hall–Kier alpha value is -2.34. The van der Waals surface area contributed by atoms with E-state index in [4.69, 9.17) is 21.9 Å². The van der Waals surface area contributed by atoms with Crippen molar-refractivity contribution in [2.24, 2.45) is 13.0 Å². The molecule has 0 saturated carbocycles. The van der Waals surface area contributed by atoms with Gasteiger partial charge >= 0.3 is 0 Å². The van der Waals surface area contributed by atoms with E-state index in [9.17, 15) is 8.42 Å². The zero-order valence-electron chi connectivity index (χ0n) is 21.7. The van der Waals surface area contributed by atoms with Crippen LogP contribution in [0.25, 0.3) is 22.4 Å². The van der Waals surface area contributed by atoms with Crippen molar-refractivity contribution < 1.29 is 13.2 Å². The molecule has 2 aromatic heterocycles. The molecular weight excluding hydrogens is 496 g/mol. The Labute approximate surface area is 218 Å². The van der Waals surface area contributed by atoms with Crippen molar-refractivity contribution in [2.45, 2.75) is 44.9 Å². The van der Waals surface area contributed by atoms with E-state index in [2.05, 4.69) is 35.8 Å². The summed E-state index contributed by atoms with van der Waals surface area (Å²) in [7, 11) is 0.193. The molecule has 1 fully saturated rings. The molecule has 0 unspecified atom stereocenters. The molecule has 0 radical (unpaired) electrons. The number of nitrogens with zero attached hydrogens (tertiary/aromatic N) is 5. The third-order valence-corrected chi connectivity index (χ3v) is 8.70. The maximum Gasteiger partial charge on any atom is 0.243 e. The first-order valence-electron chi connectivity index (χ1n) is 12.5. The van der Waals surface area contributed by atoms with Gasteiger partial charge in [-0.2, -0.15) is 9.40 Å². The van der Waals surface area contributed by atoms with E-state index in [0.717, 1.165) is 36.0 Å². The van der Waals surface area contributed by atoms with Crippen LogP contribution in [0, 0.1) is 10.6 Å². The molecule has 0 aliphatic carbocycles. The fourth-order valence-corrected chi connectivity index (χ4v) is 6.12. The van der Waals surface area contributed by atoms with Crippen molar-refractivity contribution in [1.82, 2.24) is 29.0 Å². The molecule has 0 atom stereocenters. The van der Waals surface area contributed by atoms with Crippen molar-refractivity contribution in [3.63, 3.8) is 0 Å². The van der Waals surface area contributed by atoms with Crippen molar-refractivity contribution >= 4 is 33.3 Å². The van der Waals surface area contributed by atoms with E-state index in [1.54, 1.807) is 27.2 Å². The van der Waals surface area contributed by atoms with Gasteiger partial charge < -0.3 is 14.6 Å². The van der Waals surface area contributed by atoms with E-state index in [0.29, 0.717) is 60.5 Å². The zero-order chi connectivity index (χ0) is 26.0. The van der Waals surface area contributed by atoms with E-state index in [1.165, 1.54) is 0 Å². The molecule has 0 spiro atoms. The van der Waals surface area contributed by atoms with Gasteiger partial charge in [0.25, 0.3) is 0 Å². The second-order valence-electron chi connectivity index (χ2n) is 9.83. The lowest BCUT2D eigenvalue weighted by Crippen LogP contribution is -2.47. The average Bonchev–Trinajstić information content (AvgIpc) is 3.15. The Kier molecular flexibility index (Phi) is 8.13. The fourth-order valence-electron chi connectivity index (χ4n) is 4.34. The van der Waals surface area contributed by atoms with Gasteiger partial charge in [0.05, 0.1) is 22.8 Å². The number of hydrogen-bond acceptors (Lipinski definition) is 7. The van der Waals surface area contributed by atoms with Gasteiger partial charge in [-0.3, -0.25) is 4.68 Å². The minimum Gasteiger partial charge on any atom is -0.493 e. The van der Waals surface area contributed by atoms with Crippen LogP contribution in [0.2, 0.25) is 0 Å². The average molecular weight is 533 g/mol. The van der Waals surface area contributed by atoms with Gasteiger partial charge in [-0.1, -0.05) is 39.4 Å². The lowest BCUT2D eigenvalue weighted by Gasteiger charge is -2.31. The van der Waals surface area contributed by atoms with Crippen LogP contribution in [-0.4, -0.2) is 77.2 Å². The summed E-state index contributed by atoms with van der Waals surface area (Å²) in [5.74, 6) is 1.54. The normalized spacial score (nSPS) is 15.7. The molecule has 196 valence electrons. The molecule has 1 aliphatic rings. The summed E-state index contributed by atoms with van der Waals surface area (Å²) >= 11 is 5.68. The third-order valence-electron chi connectivity index (χ3n) is 6.51. The Bertz CT molecular complexity index is 1390. The van der Waals surface area contributed by atoms with E-state index in [-0.39, 0.29) is 4.90 Å². The van der Waals surface area contributed by atoms with Gasteiger partial charge in [0, 0.05) is 33.2 Å². The van der Waals surface area contributed by atoms with Gasteiger partial charge in [0.1, 0.15) is 27.2 Å². The molecule has 4 rings (SSSR count). The van der Waals surface area contributed by atoms with E-state index >= 15 is 0 Å².